The lowest BCUT2D eigenvalue weighted by atomic mass is 10.1. The Morgan fingerprint density at radius 2 is 1.01 bits per heavy atom. The summed E-state index contributed by atoms with van der Waals surface area (Å²) in [5.41, 5.74) is -2.85. The molecule has 4 bridgehead atoms. The summed E-state index contributed by atoms with van der Waals surface area (Å²) in [6, 6.07) is 21.4. The lowest BCUT2D eigenvalue weighted by Crippen LogP contribution is -2.47. The first kappa shape index (κ1) is 65.8. The van der Waals surface area contributed by atoms with Crippen LogP contribution in [0.25, 0.3) is 0 Å². The minimum atomic E-state index is -0.986. The number of alkyl carbamates (subject to hydrolysis) is 1. The van der Waals surface area contributed by atoms with Gasteiger partial charge in [-0.2, -0.15) is 0 Å². The first-order valence-electron chi connectivity index (χ1n) is 28.1. The molecule has 454 valence electrons. The summed E-state index contributed by atoms with van der Waals surface area (Å²) in [5, 5.41) is 13.7. The summed E-state index contributed by atoms with van der Waals surface area (Å²) >= 11 is 0. The first-order chi connectivity index (χ1) is 40.3. The standard InChI is InChI=1S/C59H77N9O16/c1-6-80-50(71)36-48(69)65-32-16-17-33-66(49(70)37-51(72)81-7-2)35-19-31-61-53(74)45-26-28-47(68(57(45)78)83-40-42-22-12-9-13-23-42)55(76)64-43(24-14-15-29-62-58(79)84-59(3,4)5)38-63-54(75)46-27-25-44(52(73)60-30-18-34-65)56(77)67(46)82-39-41-20-10-8-11-21-41/h8-13,20-23,25-28,43H,6-7,14-19,24,29-40H2,1-5H3,(H,60,73)(H,61,74)(H,62,79)(H,63,75)(H,64,76)/t43-/m0/s1. The molecule has 84 heavy (non-hydrogen) atoms. The van der Waals surface area contributed by atoms with Gasteiger partial charge in [-0.15, -0.1) is 9.46 Å². The van der Waals surface area contributed by atoms with E-state index in [0.29, 0.717) is 46.3 Å². The normalized spacial score (nSPS) is 15.3. The Bertz CT molecular complexity index is 3020. The van der Waals surface area contributed by atoms with Gasteiger partial charge in [-0.1, -0.05) is 60.7 Å². The van der Waals surface area contributed by atoms with E-state index in [-0.39, 0.29) is 121 Å². The number of carbonyl (C=O) groups excluding carboxylic acids is 9. The Hall–Kier alpha value is -9.03. The number of amides is 7. The lowest BCUT2D eigenvalue weighted by molar-refractivity contribution is -0.150. The molecule has 7 rings (SSSR count). The van der Waals surface area contributed by atoms with E-state index in [1.54, 1.807) is 95.3 Å². The minimum absolute atomic E-state index is 0.0370. The third kappa shape index (κ3) is 21.7. The zero-order valence-electron chi connectivity index (χ0n) is 48.3. The summed E-state index contributed by atoms with van der Waals surface area (Å²) in [7, 11) is 0. The summed E-state index contributed by atoms with van der Waals surface area (Å²) in [6.07, 6.45) is 0.224. The van der Waals surface area contributed by atoms with E-state index < -0.39 is 89.1 Å². The second-order valence-electron chi connectivity index (χ2n) is 20.4. The van der Waals surface area contributed by atoms with Crippen LogP contribution in [0.1, 0.15) is 145 Å². The second-order valence-corrected chi connectivity index (χ2v) is 20.4. The third-order valence-electron chi connectivity index (χ3n) is 12.7. The van der Waals surface area contributed by atoms with Gasteiger partial charge in [-0.3, -0.25) is 47.9 Å². The van der Waals surface area contributed by atoms with Crippen molar-refractivity contribution in [2.24, 2.45) is 0 Å². The van der Waals surface area contributed by atoms with Crippen LogP contribution in [0.15, 0.2) is 94.5 Å². The van der Waals surface area contributed by atoms with E-state index in [4.69, 9.17) is 23.9 Å². The molecule has 5 heterocycles. The van der Waals surface area contributed by atoms with Gasteiger partial charge in [0.05, 0.1) is 13.2 Å². The fourth-order valence-electron chi connectivity index (χ4n) is 8.57. The van der Waals surface area contributed by atoms with Crippen molar-refractivity contribution in [2.45, 2.75) is 117 Å². The van der Waals surface area contributed by atoms with Crippen LogP contribution in [0.5, 0.6) is 0 Å². The Kier molecular flexibility index (Phi) is 26.5. The van der Waals surface area contributed by atoms with Crippen molar-refractivity contribution < 1.29 is 67.0 Å². The van der Waals surface area contributed by atoms with Crippen LogP contribution in [0.4, 0.5) is 4.79 Å². The molecule has 25 nitrogen and oxygen atoms in total. The monoisotopic (exact) mass is 1170 g/mol. The zero-order valence-corrected chi connectivity index (χ0v) is 48.3. The van der Waals surface area contributed by atoms with Gasteiger partial charge in [-0.05, 0) is 115 Å². The van der Waals surface area contributed by atoms with Crippen LogP contribution in [0.3, 0.4) is 0 Å². The van der Waals surface area contributed by atoms with Gasteiger partial charge >= 0.3 is 18.0 Å². The van der Waals surface area contributed by atoms with Crippen molar-refractivity contribution >= 4 is 53.5 Å². The van der Waals surface area contributed by atoms with E-state index in [2.05, 4.69) is 26.6 Å². The summed E-state index contributed by atoms with van der Waals surface area (Å²) in [5.74, 6) is -5.87. The smallest absolute Gasteiger partial charge is 0.407 e. The molecule has 0 spiro atoms. The Morgan fingerprint density at radius 1 is 0.560 bits per heavy atom. The molecule has 0 saturated heterocycles. The minimum Gasteiger partial charge on any atom is -0.466 e. The SMILES string of the molecule is CCOC(=O)CC(=O)N1CCCCN(C(=O)CC(=O)OCC)CCCNC(=O)c2ccc(n(OCc3ccccc3)c2=O)C(=O)N[C@@H](CCCCNC(=O)OC(C)(C)C)CNC(=O)c2ccc(c(=O)n2OCc2ccccc2)C(=O)NCCC1. The van der Waals surface area contributed by atoms with Crippen LogP contribution < -0.4 is 47.4 Å². The van der Waals surface area contributed by atoms with E-state index in [1.807, 2.05) is 0 Å². The number of rotatable bonds is 17. The summed E-state index contributed by atoms with van der Waals surface area (Å²) < 4.78 is 16.8. The van der Waals surface area contributed by atoms with Gasteiger partial charge in [-0.25, -0.2) is 4.79 Å². The van der Waals surface area contributed by atoms with Crippen LogP contribution >= 0.6 is 0 Å². The van der Waals surface area contributed by atoms with E-state index in [9.17, 15) is 52.7 Å². The molecule has 0 radical (unpaired) electrons. The van der Waals surface area contributed by atoms with E-state index in [1.165, 1.54) is 34.1 Å². The van der Waals surface area contributed by atoms with Crippen LogP contribution in [0.2, 0.25) is 0 Å². The Labute approximate surface area is 486 Å². The fourth-order valence-corrected chi connectivity index (χ4v) is 8.57. The highest BCUT2D eigenvalue weighted by Gasteiger charge is 2.27. The molecule has 4 aromatic rings. The largest absolute Gasteiger partial charge is 0.466 e. The molecule has 3 aliphatic heterocycles. The quantitative estimate of drug-likeness (QED) is 0.0439. The molecule has 3 aliphatic rings. The predicted octanol–water partition coefficient (Wildman–Crippen LogP) is 3.09. The van der Waals surface area contributed by atoms with Gasteiger partial charge in [0.2, 0.25) is 11.8 Å². The Balaban J connectivity index is 1.51. The molecule has 0 unspecified atom stereocenters. The van der Waals surface area contributed by atoms with Crippen molar-refractivity contribution in [3.63, 3.8) is 0 Å². The number of esters is 2. The van der Waals surface area contributed by atoms with Gasteiger partial charge < -0.3 is 60.3 Å². The number of fused-ring (bicyclic) bond motifs is 2. The highest BCUT2D eigenvalue weighted by Crippen LogP contribution is 2.12. The number of ether oxygens (including phenoxy) is 3. The van der Waals surface area contributed by atoms with E-state index >= 15 is 0 Å². The van der Waals surface area contributed by atoms with Crippen molar-refractivity contribution in [1.29, 1.82) is 0 Å². The number of unbranched alkanes of at least 4 members (excludes halogenated alkanes) is 1. The average molecular weight is 1170 g/mol. The Morgan fingerprint density at radius 3 is 1.46 bits per heavy atom. The van der Waals surface area contributed by atoms with Gasteiger partial charge in [0.1, 0.15) is 54.2 Å². The van der Waals surface area contributed by atoms with Crippen LogP contribution in [0, 0.1) is 0 Å². The molecular weight excluding hydrogens is 1090 g/mol. The van der Waals surface area contributed by atoms with Gasteiger partial charge in [0.15, 0.2) is 0 Å². The summed E-state index contributed by atoms with van der Waals surface area (Å²) in [6.45, 7) is 8.31. The second kappa shape index (κ2) is 33.8. The number of hydrogen-bond donors (Lipinski definition) is 5. The number of hydrogen-bond acceptors (Lipinski definition) is 16. The number of benzene rings is 2. The van der Waals surface area contributed by atoms with Crippen molar-refractivity contribution in [3.8, 4) is 0 Å². The maximum atomic E-state index is 14.4. The third-order valence-corrected chi connectivity index (χ3v) is 12.7. The van der Waals surface area contributed by atoms with Gasteiger partial charge in [0, 0.05) is 58.4 Å². The maximum Gasteiger partial charge on any atom is 0.407 e. The number of aromatic nitrogens is 2. The molecule has 25 heteroatoms. The molecule has 0 fully saturated rings. The number of pyridine rings is 2. The summed E-state index contributed by atoms with van der Waals surface area (Å²) in [4.78, 5) is 164. The highest BCUT2D eigenvalue weighted by molar-refractivity contribution is 5.98. The molecule has 0 saturated carbocycles. The van der Waals surface area contributed by atoms with Crippen molar-refractivity contribution in [2.75, 3.05) is 65.6 Å². The van der Waals surface area contributed by atoms with Crippen molar-refractivity contribution in [1.82, 2.24) is 45.8 Å². The molecule has 1 atom stereocenters. The van der Waals surface area contributed by atoms with Crippen molar-refractivity contribution in [3.05, 3.63) is 139 Å². The first-order valence-corrected chi connectivity index (χ1v) is 28.1. The average Bonchev–Trinajstić information content (AvgIpc) is 3.40. The molecule has 2 aromatic heterocycles. The number of carbonyl (C=O) groups is 9. The predicted molar refractivity (Wildman–Crippen MR) is 305 cm³/mol. The molecule has 5 N–H and O–H groups in total. The van der Waals surface area contributed by atoms with Gasteiger partial charge in [0.25, 0.3) is 34.7 Å². The maximum absolute atomic E-state index is 14.4. The molecule has 2 aromatic carbocycles. The highest BCUT2D eigenvalue weighted by atomic mass is 16.7. The molecule has 0 aliphatic carbocycles. The zero-order chi connectivity index (χ0) is 61.0. The fraction of sp³-hybridized carbons (Fsp3) is 0.475. The number of nitrogens with zero attached hydrogens (tertiary/aromatic N) is 4. The van der Waals surface area contributed by atoms with E-state index in [0.717, 1.165) is 0 Å². The van der Waals surface area contributed by atoms with Crippen LogP contribution in [-0.2, 0) is 46.6 Å². The van der Waals surface area contributed by atoms with Crippen LogP contribution in [-0.4, -0.2) is 150 Å². The number of nitrogens with one attached hydrogen (secondary N) is 5. The molecule has 7 amide bonds. The molecular formula is C59H77N9O16. The topological polar surface area (TPSA) is 310 Å². The lowest BCUT2D eigenvalue weighted by Gasteiger charge is -2.25.